The molecular weight excluding hydrogens is 194 g/mol. The second-order valence-corrected chi connectivity index (χ2v) is 3.57. The van der Waals surface area contributed by atoms with Crippen LogP contribution in [0, 0.1) is 0 Å². The number of aromatic amines is 1. The fraction of sp³-hybridized carbons (Fsp3) is 0.333. The van der Waals surface area contributed by atoms with Gasteiger partial charge in [0.05, 0.1) is 6.20 Å². The van der Waals surface area contributed by atoms with Crippen molar-refractivity contribution < 1.29 is 0 Å². The van der Waals surface area contributed by atoms with Gasteiger partial charge in [-0.05, 0) is 0 Å². The minimum Gasteiger partial charge on any atom is -0.382 e. The zero-order valence-corrected chi connectivity index (χ0v) is 8.48. The lowest BCUT2D eigenvalue weighted by Gasteiger charge is -2.05. The van der Waals surface area contributed by atoms with Gasteiger partial charge in [0.25, 0.3) is 5.56 Å². The molecule has 0 aliphatic carbocycles. The first-order valence-corrected chi connectivity index (χ1v) is 4.60. The molecule has 0 aliphatic heterocycles. The van der Waals surface area contributed by atoms with Crippen molar-refractivity contribution in [2.45, 2.75) is 19.8 Å². The highest BCUT2D eigenvalue weighted by Crippen LogP contribution is 2.15. The summed E-state index contributed by atoms with van der Waals surface area (Å²) in [4.78, 5) is 25.8. The Balaban J connectivity index is 2.79. The van der Waals surface area contributed by atoms with Crippen molar-refractivity contribution in [2.24, 2.45) is 0 Å². The predicted octanol–water partition coefficient (Wildman–Crippen LogP) is 0.419. The van der Waals surface area contributed by atoms with E-state index < -0.39 is 0 Å². The number of nitrogens with two attached hydrogens (primary N) is 1. The molecule has 15 heavy (non-hydrogen) atoms. The molecule has 0 fully saturated rings. The molecule has 0 amide bonds. The normalized spacial score (nSPS) is 11.1. The molecular formula is C9H11N5O. The first-order valence-electron chi connectivity index (χ1n) is 4.60. The highest BCUT2D eigenvalue weighted by atomic mass is 16.1. The Morgan fingerprint density at radius 1 is 1.40 bits per heavy atom. The third kappa shape index (κ3) is 1.65. The van der Waals surface area contributed by atoms with Gasteiger partial charge in [-0.3, -0.25) is 4.79 Å². The Morgan fingerprint density at radius 3 is 2.80 bits per heavy atom. The van der Waals surface area contributed by atoms with Crippen LogP contribution in [0.1, 0.15) is 25.6 Å². The Hall–Kier alpha value is -1.98. The van der Waals surface area contributed by atoms with Crippen LogP contribution in [-0.2, 0) is 0 Å². The van der Waals surface area contributed by atoms with Crippen LogP contribution in [0.25, 0.3) is 11.2 Å². The van der Waals surface area contributed by atoms with Crippen LogP contribution in [0.3, 0.4) is 0 Å². The second-order valence-electron chi connectivity index (χ2n) is 3.57. The summed E-state index contributed by atoms with van der Waals surface area (Å²) in [5.74, 6) is 1.05. The minimum absolute atomic E-state index is 0.153. The van der Waals surface area contributed by atoms with E-state index in [1.165, 1.54) is 0 Å². The van der Waals surface area contributed by atoms with Gasteiger partial charge in [0.2, 0.25) is 0 Å². The first kappa shape index (κ1) is 9.57. The fourth-order valence-electron chi connectivity index (χ4n) is 1.23. The zero-order chi connectivity index (χ0) is 11.0. The average Bonchev–Trinajstić information content (AvgIpc) is 2.16. The highest BCUT2D eigenvalue weighted by Gasteiger charge is 2.09. The number of hydrogen-bond acceptors (Lipinski definition) is 5. The maximum absolute atomic E-state index is 11.1. The van der Waals surface area contributed by atoms with Gasteiger partial charge < -0.3 is 10.7 Å². The molecule has 0 bridgehead atoms. The topological polar surface area (TPSA) is 97.5 Å². The van der Waals surface area contributed by atoms with Crippen LogP contribution in [0.4, 0.5) is 5.82 Å². The molecule has 0 saturated carbocycles. The van der Waals surface area contributed by atoms with Crippen LogP contribution in [-0.4, -0.2) is 19.9 Å². The molecule has 0 spiro atoms. The third-order valence-corrected chi connectivity index (χ3v) is 2.00. The lowest BCUT2D eigenvalue weighted by atomic mass is 10.2. The van der Waals surface area contributed by atoms with Gasteiger partial charge in [-0.15, -0.1) is 0 Å². The predicted molar refractivity (Wildman–Crippen MR) is 56.5 cm³/mol. The number of nitrogen functional groups attached to an aromatic ring is 1. The fourth-order valence-corrected chi connectivity index (χ4v) is 1.23. The molecule has 2 aromatic heterocycles. The number of H-pyrrole nitrogens is 1. The molecule has 2 heterocycles. The molecule has 2 aromatic rings. The molecule has 6 nitrogen and oxygen atoms in total. The Labute approximate surface area is 85.6 Å². The number of anilines is 1. The lowest BCUT2D eigenvalue weighted by molar-refractivity contribution is 0.781. The van der Waals surface area contributed by atoms with Gasteiger partial charge in [-0.25, -0.2) is 15.0 Å². The van der Waals surface area contributed by atoms with E-state index in [-0.39, 0.29) is 11.5 Å². The summed E-state index contributed by atoms with van der Waals surface area (Å²) in [6.45, 7) is 3.91. The van der Waals surface area contributed by atoms with E-state index >= 15 is 0 Å². The van der Waals surface area contributed by atoms with Crippen molar-refractivity contribution in [3.8, 4) is 0 Å². The van der Waals surface area contributed by atoms with Crippen molar-refractivity contribution >= 4 is 17.0 Å². The Bertz CT molecular complexity index is 560. The quantitative estimate of drug-likeness (QED) is 0.703. The van der Waals surface area contributed by atoms with E-state index in [0.29, 0.717) is 22.8 Å². The summed E-state index contributed by atoms with van der Waals surface area (Å²) in [6, 6.07) is 0. The maximum atomic E-state index is 11.1. The average molecular weight is 205 g/mol. The van der Waals surface area contributed by atoms with Crippen LogP contribution < -0.4 is 11.3 Å². The number of nitrogens with zero attached hydrogens (tertiary/aromatic N) is 3. The SMILES string of the molecule is CC(C)c1nc(N)c2ncc(=O)[nH]c2n1. The van der Waals surface area contributed by atoms with Crippen LogP contribution in [0.2, 0.25) is 0 Å². The summed E-state index contributed by atoms with van der Waals surface area (Å²) in [7, 11) is 0. The van der Waals surface area contributed by atoms with Gasteiger partial charge in [-0.1, -0.05) is 13.8 Å². The van der Waals surface area contributed by atoms with E-state index in [0.717, 1.165) is 6.20 Å². The van der Waals surface area contributed by atoms with Crippen molar-refractivity contribution in [1.29, 1.82) is 0 Å². The van der Waals surface area contributed by atoms with E-state index in [4.69, 9.17) is 5.73 Å². The molecule has 0 radical (unpaired) electrons. The van der Waals surface area contributed by atoms with Gasteiger partial charge in [-0.2, -0.15) is 0 Å². The van der Waals surface area contributed by atoms with Crippen LogP contribution in [0.15, 0.2) is 11.0 Å². The zero-order valence-electron chi connectivity index (χ0n) is 8.48. The third-order valence-electron chi connectivity index (χ3n) is 2.00. The van der Waals surface area contributed by atoms with Crippen LogP contribution in [0.5, 0.6) is 0 Å². The smallest absolute Gasteiger partial charge is 0.268 e. The molecule has 0 unspecified atom stereocenters. The monoisotopic (exact) mass is 205 g/mol. The standard InChI is InChI=1S/C9H11N5O/c1-4(2)8-13-7(10)6-9(14-8)12-5(15)3-11-6/h3-4H,1-2H3,(H3,10,12,13,14,15). The number of nitrogens with one attached hydrogen (secondary N) is 1. The minimum atomic E-state index is -0.296. The summed E-state index contributed by atoms with van der Waals surface area (Å²) in [6.07, 6.45) is 1.16. The molecule has 0 aromatic carbocycles. The molecule has 0 aliphatic rings. The van der Waals surface area contributed by atoms with Crippen LogP contribution >= 0.6 is 0 Å². The lowest BCUT2D eigenvalue weighted by Crippen LogP contribution is -2.10. The second kappa shape index (κ2) is 3.30. The van der Waals surface area contributed by atoms with Gasteiger partial charge in [0.15, 0.2) is 11.5 Å². The number of rotatable bonds is 1. The summed E-state index contributed by atoms with van der Waals surface area (Å²) in [5, 5.41) is 0. The first-order chi connectivity index (χ1) is 7.08. The van der Waals surface area contributed by atoms with E-state index in [9.17, 15) is 4.79 Å². The molecule has 3 N–H and O–H groups in total. The summed E-state index contributed by atoms with van der Waals surface area (Å²) in [5.41, 5.74) is 6.23. The molecule has 6 heteroatoms. The highest BCUT2D eigenvalue weighted by molar-refractivity contribution is 5.80. The molecule has 2 rings (SSSR count). The van der Waals surface area contributed by atoms with Crippen molar-refractivity contribution in [3.05, 3.63) is 22.4 Å². The molecule has 0 saturated heterocycles. The van der Waals surface area contributed by atoms with Gasteiger partial charge in [0.1, 0.15) is 11.3 Å². The van der Waals surface area contributed by atoms with Crippen molar-refractivity contribution in [2.75, 3.05) is 5.73 Å². The molecule has 0 atom stereocenters. The number of aromatic nitrogens is 4. The Morgan fingerprint density at radius 2 is 2.13 bits per heavy atom. The number of hydrogen-bond donors (Lipinski definition) is 2. The summed E-state index contributed by atoms with van der Waals surface area (Å²) < 4.78 is 0. The van der Waals surface area contributed by atoms with Crippen molar-refractivity contribution in [1.82, 2.24) is 19.9 Å². The maximum Gasteiger partial charge on any atom is 0.268 e. The largest absolute Gasteiger partial charge is 0.382 e. The Kier molecular flexibility index (Phi) is 2.11. The molecule has 78 valence electrons. The van der Waals surface area contributed by atoms with Gasteiger partial charge >= 0.3 is 0 Å². The van der Waals surface area contributed by atoms with E-state index in [1.54, 1.807) is 0 Å². The van der Waals surface area contributed by atoms with Crippen molar-refractivity contribution in [3.63, 3.8) is 0 Å². The van der Waals surface area contributed by atoms with Gasteiger partial charge in [0, 0.05) is 5.92 Å². The van der Waals surface area contributed by atoms with E-state index in [1.807, 2.05) is 13.8 Å². The number of fused-ring (bicyclic) bond motifs is 1. The van der Waals surface area contributed by atoms with E-state index in [2.05, 4.69) is 19.9 Å². The summed E-state index contributed by atoms with van der Waals surface area (Å²) >= 11 is 0.